The quantitative estimate of drug-likeness (QED) is 0.516. The average Bonchev–Trinajstić information content (AvgIpc) is 2.44. The van der Waals surface area contributed by atoms with Crippen molar-refractivity contribution in [3.05, 3.63) is 29.0 Å². The summed E-state index contributed by atoms with van der Waals surface area (Å²) in [7, 11) is 0. The summed E-state index contributed by atoms with van der Waals surface area (Å²) in [4.78, 5) is 40.0. The van der Waals surface area contributed by atoms with Crippen LogP contribution in [0.15, 0.2) is 18.3 Å². The highest BCUT2D eigenvalue weighted by Gasteiger charge is 2.46. The first-order chi connectivity index (χ1) is 9.95. The molecule has 3 unspecified atom stereocenters. The summed E-state index contributed by atoms with van der Waals surface area (Å²) < 4.78 is 4.78. The van der Waals surface area contributed by atoms with E-state index in [1.807, 2.05) is 0 Å². The molecule has 7 heteroatoms. The van der Waals surface area contributed by atoms with Crippen molar-refractivity contribution in [1.82, 2.24) is 10.3 Å². The van der Waals surface area contributed by atoms with E-state index in [0.29, 0.717) is 10.7 Å². The second kappa shape index (κ2) is 6.22. The Morgan fingerprint density at radius 2 is 2.14 bits per heavy atom. The first-order valence-electron chi connectivity index (χ1n) is 6.58. The van der Waals surface area contributed by atoms with Gasteiger partial charge in [0.15, 0.2) is 11.7 Å². The molecule has 1 amide bonds. The lowest BCUT2D eigenvalue weighted by Crippen LogP contribution is -2.52. The highest BCUT2D eigenvalue weighted by molar-refractivity contribution is 6.29. The molecule has 6 nitrogen and oxygen atoms in total. The van der Waals surface area contributed by atoms with Gasteiger partial charge in [-0.1, -0.05) is 24.6 Å². The third kappa shape index (κ3) is 3.05. The molecule has 21 heavy (non-hydrogen) atoms. The first-order valence-corrected chi connectivity index (χ1v) is 6.95. The molecule has 2 rings (SSSR count). The molecule has 0 radical (unpaired) electrons. The van der Waals surface area contributed by atoms with Gasteiger partial charge in [-0.3, -0.25) is 14.4 Å². The minimum absolute atomic E-state index is 0.120. The number of rotatable bonds is 3. The van der Waals surface area contributed by atoms with E-state index in [2.05, 4.69) is 10.3 Å². The van der Waals surface area contributed by atoms with Gasteiger partial charge >= 0.3 is 5.97 Å². The SMILES string of the molecule is CCOC(=O)C1C(=O)NC(c2ccc(Cl)nc2)C(C)C1=O. The number of hydrogen-bond acceptors (Lipinski definition) is 5. The molecule has 0 aliphatic carbocycles. The van der Waals surface area contributed by atoms with Gasteiger partial charge in [-0.15, -0.1) is 0 Å². The van der Waals surface area contributed by atoms with Crippen molar-refractivity contribution in [3.8, 4) is 0 Å². The van der Waals surface area contributed by atoms with Gasteiger partial charge in [-0.25, -0.2) is 4.98 Å². The van der Waals surface area contributed by atoms with Crippen LogP contribution in [0, 0.1) is 11.8 Å². The van der Waals surface area contributed by atoms with Gasteiger partial charge in [0.2, 0.25) is 5.91 Å². The van der Waals surface area contributed by atoms with Gasteiger partial charge in [-0.2, -0.15) is 0 Å². The summed E-state index contributed by atoms with van der Waals surface area (Å²) in [6.07, 6.45) is 1.50. The van der Waals surface area contributed by atoms with Crippen LogP contribution in [-0.4, -0.2) is 29.3 Å². The number of ketones is 1. The van der Waals surface area contributed by atoms with Crippen molar-refractivity contribution >= 4 is 29.3 Å². The lowest BCUT2D eigenvalue weighted by atomic mass is 9.81. The second-order valence-corrected chi connectivity index (χ2v) is 5.16. The van der Waals surface area contributed by atoms with Gasteiger partial charge in [0.05, 0.1) is 12.6 Å². The number of carbonyl (C=O) groups excluding carboxylic acids is 3. The van der Waals surface area contributed by atoms with E-state index in [0.717, 1.165) is 0 Å². The van der Waals surface area contributed by atoms with E-state index < -0.39 is 35.5 Å². The molecule has 112 valence electrons. The number of Topliss-reactive ketones (excluding diaryl/α,β-unsaturated/α-hetero) is 1. The van der Waals surface area contributed by atoms with Gasteiger partial charge in [0.1, 0.15) is 5.15 Å². The molecular formula is C14H15ClN2O4. The minimum Gasteiger partial charge on any atom is -0.465 e. The zero-order valence-corrected chi connectivity index (χ0v) is 12.4. The van der Waals surface area contributed by atoms with Crippen LogP contribution in [0.3, 0.4) is 0 Å². The van der Waals surface area contributed by atoms with Crippen molar-refractivity contribution in [2.24, 2.45) is 11.8 Å². The Morgan fingerprint density at radius 3 is 2.71 bits per heavy atom. The summed E-state index contributed by atoms with van der Waals surface area (Å²) in [5.74, 6) is -3.84. The van der Waals surface area contributed by atoms with Crippen molar-refractivity contribution in [2.45, 2.75) is 19.9 Å². The highest BCUT2D eigenvalue weighted by atomic mass is 35.5. The average molecular weight is 311 g/mol. The van der Waals surface area contributed by atoms with Crippen molar-refractivity contribution < 1.29 is 19.1 Å². The number of ether oxygens (including phenoxy) is 1. The van der Waals surface area contributed by atoms with Crippen LogP contribution in [0.4, 0.5) is 0 Å². The zero-order chi connectivity index (χ0) is 15.6. The topological polar surface area (TPSA) is 85.4 Å². The molecule has 1 saturated heterocycles. The number of nitrogens with one attached hydrogen (secondary N) is 1. The van der Waals surface area contributed by atoms with Crippen LogP contribution < -0.4 is 5.32 Å². The fourth-order valence-electron chi connectivity index (χ4n) is 2.31. The number of hydrogen-bond donors (Lipinski definition) is 1. The van der Waals surface area contributed by atoms with Gasteiger partial charge in [-0.05, 0) is 18.6 Å². The Morgan fingerprint density at radius 1 is 1.43 bits per heavy atom. The maximum Gasteiger partial charge on any atom is 0.326 e. The Kier molecular flexibility index (Phi) is 4.57. The third-order valence-corrected chi connectivity index (χ3v) is 3.65. The molecule has 1 fully saturated rings. The number of piperidine rings is 1. The number of esters is 1. The largest absolute Gasteiger partial charge is 0.465 e. The Balaban J connectivity index is 2.24. The molecule has 0 saturated carbocycles. The number of aromatic nitrogens is 1. The molecule has 0 bridgehead atoms. The smallest absolute Gasteiger partial charge is 0.326 e. The van der Waals surface area contributed by atoms with E-state index in [9.17, 15) is 14.4 Å². The monoisotopic (exact) mass is 310 g/mol. The van der Waals surface area contributed by atoms with Crippen LogP contribution in [0.25, 0.3) is 0 Å². The predicted molar refractivity (Wildman–Crippen MR) is 74.4 cm³/mol. The lowest BCUT2D eigenvalue weighted by Gasteiger charge is -2.32. The first kappa shape index (κ1) is 15.4. The molecule has 1 aromatic rings. The summed E-state index contributed by atoms with van der Waals surface area (Å²) in [5, 5.41) is 3.00. The molecule has 1 N–H and O–H groups in total. The highest BCUT2D eigenvalue weighted by Crippen LogP contribution is 2.30. The molecule has 0 aromatic carbocycles. The van der Waals surface area contributed by atoms with Crippen molar-refractivity contribution in [1.29, 1.82) is 0 Å². The number of amides is 1. The predicted octanol–water partition coefficient (Wildman–Crippen LogP) is 1.29. The van der Waals surface area contributed by atoms with Crippen LogP contribution in [0.2, 0.25) is 5.15 Å². The fourth-order valence-corrected chi connectivity index (χ4v) is 2.42. The summed E-state index contributed by atoms with van der Waals surface area (Å²) in [6, 6.07) is 2.74. The Labute approximate surface area is 126 Å². The van der Waals surface area contributed by atoms with Crippen LogP contribution >= 0.6 is 11.6 Å². The van der Waals surface area contributed by atoms with Gasteiger partial charge in [0, 0.05) is 12.1 Å². The summed E-state index contributed by atoms with van der Waals surface area (Å²) >= 11 is 5.72. The van der Waals surface area contributed by atoms with Crippen LogP contribution in [0.5, 0.6) is 0 Å². The molecule has 1 aliphatic heterocycles. The molecule has 2 heterocycles. The van der Waals surface area contributed by atoms with Crippen LogP contribution in [-0.2, 0) is 19.1 Å². The molecule has 1 aromatic heterocycles. The summed E-state index contributed by atoms with van der Waals surface area (Å²) in [5.41, 5.74) is 0.663. The van der Waals surface area contributed by atoms with E-state index in [-0.39, 0.29) is 6.61 Å². The number of halogens is 1. The Bertz CT molecular complexity index is 573. The number of nitrogens with zero attached hydrogens (tertiary/aromatic N) is 1. The van der Waals surface area contributed by atoms with E-state index in [4.69, 9.17) is 16.3 Å². The fraction of sp³-hybridized carbons (Fsp3) is 0.429. The zero-order valence-electron chi connectivity index (χ0n) is 11.6. The minimum atomic E-state index is -1.39. The molecule has 1 aliphatic rings. The second-order valence-electron chi connectivity index (χ2n) is 4.78. The number of carbonyl (C=O) groups is 3. The van der Waals surface area contributed by atoms with Crippen molar-refractivity contribution in [3.63, 3.8) is 0 Å². The van der Waals surface area contributed by atoms with E-state index >= 15 is 0 Å². The summed E-state index contributed by atoms with van der Waals surface area (Å²) in [6.45, 7) is 3.40. The Hall–Kier alpha value is -1.95. The molecule has 0 spiro atoms. The van der Waals surface area contributed by atoms with Gasteiger partial charge in [0.25, 0.3) is 0 Å². The standard InChI is InChI=1S/C14H15ClN2O4/c1-3-21-14(20)10-12(18)7(2)11(17-13(10)19)8-4-5-9(15)16-6-8/h4-7,10-11H,3H2,1-2H3,(H,17,19). The lowest BCUT2D eigenvalue weighted by molar-refractivity contribution is -0.159. The van der Waals surface area contributed by atoms with E-state index in [1.54, 1.807) is 26.0 Å². The molecule has 3 atom stereocenters. The van der Waals surface area contributed by atoms with Crippen molar-refractivity contribution in [2.75, 3.05) is 6.61 Å². The van der Waals surface area contributed by atoms with E-state index in [1.165, 1.54) is 6.20 Å². The number of pyridine rings is 1. The van der Waals surface area contributed by atoms with Gasteiger partial charge < -0.3 is 10.1 Å². The normalized spacial score (nSPS) is 25.4. The third-order valence-electron chi connectivity index (χ3n) is 3.42. The maximum atomic E-state index is 12.3. The van der Waals surface area contributed by atoms with Crippen LogP contribution in [0.1, 0.15) is 25.5 Å². The molecular weight excluding hydrogens is 296 g/mol. The maximum absolute atomic E-state index is 12.3.